The Morgan fingerprint density at radius 1 is 1.14 bits per heavy atom. The molecule has 1 saturated heterocycles. The molecule has 6 nitrogen and oxygen atoms in total. The maximum absolute atomic E-state index is 15.1. The molecule has 1 fully saturated rings. The molecule has 36 heavy (non-hydrogen) atoms. The minimum absolute atomic E-state index is 0.00376. The molecule has 2 atom stereocenters. The number of rotatable bonds is 3. The van der Waals surface area contributed by atoms with Crippen LogP contribution in [0.3, 0.4) is 0 Å². The second-order valence-corrected chi connectivity index (χ2v) is 10.1. The minimum Gasteiger partial charge on any atom is -0.507 e. The van der Waals surface area contributed by atoms with Crippen LogP contribution in [0.5, 0.6) is 5.75 Å². The Labute approximate surface area is 210 Å². The normalized spacial score (nSPS) is 20.7. The highest BCUT2D eigenvalue weighted by atomic mass is 32.1. The van der Waals surface area contributed by atoms with Gasteiger partial charge in [-0.1, -0.05) is 35.6 Å². The summed E-state index contributed by atoms with van der Waals surface area (Å²) in [6, 6.07) is 15.6. The lowest BCUT2D eigenvalue weighted by molar-refractivity contribution is -0.132. The molecule has 2 unspecified atom stereocenters. The molecule has 180 valence electrons. The number of thiazole rings is 1. The third-order valence-electron chi connectivity index (χ3n) is 6.55. The van der Waals surface area contributed by atoms with Crippen molar-refractivity contribution in [2.24, 2.45) is 0 Å². The molecule has 0 radical (unpaired) electrons. The van der Waals surface area contributed by atoms with Gasteiger partial charge in [-0.05, 0) is 61.4 Å². The number of aromatic nitrogens is 1. The molecule has 4 aromatic rings. The maximum atomic E-state index is 15.1. The highest BCUT2D eigenvalue weighted by Crippen LogP contribution is 2.45. The summed E-state index contributed by atoms with van der Waals surface area (Å²) in [5.41, 5.74) is 2.89. The van der Waals surface area contributed by atoms with E-state index in [4.69, 9.17) is 4.74 Å². The summed E-state index contributed by atoms with van der Waals surface area (Å²) in [6.07, 6.45) is 0.663. The second kappa shape index (κ2) is 8.27. The monoisotopic (exact) mass is 500 g/mol. The fourth-order valence-corrected chi connectivity index (χ4v) is 5.96. The number of aliphatic hydroxyl groups is 1. The van der Waals surface area contributed by atoms with Gasteiger partial charge in [-0.2, -0.15) is 0 Å². The van der Waals surface area contributed by atoms with Crippen LogP contribution < -0.4 is 9.64 Å². The first-order chi connectivity index (χ1) is 17.3. The standard InChI is InChI=1S/C28H21FN2O4S/c1-14-7-9-20-22(11-14)36-28(30-20)31-24(18-5-3-4-6-19(18)29)23(26(33)27(31)34)25(32)16-8-10-21-17(13-16)12-15(2)35-21/h3-11,13,15,24,32H,12H2,1-2H3/b25-23-. The molecule has 1 N–H and O–H groups in total. The molecule has 6 rings (SSSR count). The third kappa shape index (κ3) is 3.48. The summed E-state index contributed by atoms with van der Waals surface area (Å²) >= 11 is 1.24. The molecule has 0 saturated carbocycles. The second-order valence-electron chi connectivity index (χ2n) is 9.11. The summed E-state index contributed by atoms with van der Waals surface area (Å²) in [6.45, 7) is 3.90. The van der Waals surface area contributed by atoms with E-state index in [2.05, 4.69) is 4.98 Å². The number of Topliss-reactive ketones (excluding diaryl/α,β-unsaturated/α-hetero) is 1. The van der Waals surface area contributed by atoms with Crippen LogP contribution in [0, 0.1) is 12.7 Å². The Bertz CT molecular complexity index is 1610. The Hall–Kier alpha value is -4.04. The van der Waals surface area contributed by atoms with Gasteiger partial charge in [0.1, 0.15) is 29.5 Å². The van der Waals surface area contributed by atoms with E-state index in [1.165, 1.54) is 34.4 Å². The van der Waals surface area contributed by atoms with Gasteiger partial charge in [0.25, 0.3) is 5.78 Å². The number of nitrogens with zero attached hydrogens (tertiary/aromatic N) is 2. The zero-order chi connectivity index (χ0) is 25.1. The van der Waals surface area contributed by atoms with Crippen LogP contribution in [0.1, 0.15) is 35.2 Å². The van der Waals surface area contributed by atoms with Gasteiger partial charge in [-0.15, -0.1) is 0 Å². The van der Waals surface area contributed by atoms with Crippen LogP contribution in [0.25, 0.3) is 16.0 Å². The Morgan fingerprint density at radius 3 is 2.75 bits per heavy atom. The number of hydrogen-bond acceptors (Lipinski definition) is 6. The van der Waals surface area contributed by atoms with Crippen molar-refractivity contribution >= 4 is 44.1 Å². The summed E-state index contributed by atoms with van der Waals surface area (Å²) in [5.74, 6) is -1.98. The molecule has 2 aliphatic heterocycles. The number of ketones is 1. The Morgan fingerprint density at radius 2 is 1.94 bits per heavy atom. The number of aliphatic hydroxyl groups excluding tert-OH is 1. The van der Waals surface area contributed by atoms with Gasteiger partial charge < -0.3 is 9.84 Å². The molecule has 1 aromatic heterocycles. The van der Waals surface area contributed by atoms with Crippen LogP contribution in [-0.4, -0.2) is 27.9 Å². The first-order valence-electron chi connectivity index (χ1n) is 11.5. The number of ether oxygens (including phenoxy) is 1. The summed E-state index contributed by atoms with van der Waals surface area (Å²) in [7, 11) is 0. The number of halogens is 1. The fourth-order valence-electron chi connectivity index (χ4n) is 4.87. The Kier molecular flexibility index (Phi) is 5.15. The largest absolute Gasteiger partial charge is 0.507 e. The van der Waals surface area contributed by atoms with Crippen molar-refractivity contribution < 1.29 is 23.8 Å². The van der Waals surface area contributed by atoms with Crippen LogP contribution in [0.4, 0.5) is 9.52 Å². The predicted octanol–water partition coefficient (Wildman–Crippen LogP) is 5.69. The number of carbonyl (C=O) groups is 2. The molecule has 3 aromatic carbocycles. The lowest BCUT2D eigenvalue weighted by atomic mass is 9.94. The van der Waals surface area contributed by atoms with Gasteiger partial charge >= 0.3 is 5.91 Å². The number of aryl methyl sites for hydroxylation is 1. The SMILES string of the molecule is Cc1ccc2nc(N3C(=O)C(=O)/C(=C(\O)c4ccc5c(c4)CC(C)O5)C3c3ccccc3F)sc2c1. The van der Waals surface area contributed by atoms with Crippen LogP contribution in [0.2, 0.25) is 0 Å². The first kappa shape index (κ1) is 22.4. The van der Waals surface area contributed by atoms with Gasteiger partial charge in [0.2, 0.25) is 0 Å². The number of hydrogen-bond donors (Lipinski definition) is 1. The van der Waals surface area contributed by atoms with E-state index in [0.29, 0.717) is 17.5 Å². The molecular weight excluding hydrogens is 479 g/mol. The van der Waals surface area contributed by atoms with Crippen molar-refractivity contribution in [1.29, 1.82) is 0 Å². The fraction of sp³-hybridized carbons (Fsp3) is 0.179. The van der Waals surface area contributed by atoms with E-state index in [-0.39, 0.29) is 28.1 Å². The molecule has 0 aliphatic carbocycles. The topological polar surface area (TPSA) is 79.7 Å². The van der Waals surface area contributed by atoms with Gasteiger partial charge in [0, 0.05) is 17.5 Å². The zero-order valence-corrected chi connectivity index (χ0v) is 20.3. The molecule has 8 heteroatoms. The lowest BCUT2D eigenvalue weighted by Gasteiger charge is -2.23. The van der Waals surface area contributed by atoms with Crippen molar-refractivity contribution in [1.82, 2.24) is 4.98 Å². The number of fused-ring (bicyclic) bond motifs is 2. The summed E-state index contributed by atoms with van der Waals surface area (Å²) in [4.78, 5) is 32.5. The van der Waals surface area contributed by atoms with E-state index in [0.717, 1.165) is 21.6 Å². The molecule has 0 bridgehead atoms. The van der Waals surface area contributed by atoms with Gasteiger partial charge in [-0.25, -0.2) is 9.37 Å². The quantitative estimate of drug-likeness (QED) is 0.222. The first-order valence-corrected chi connectivity index (χ1v) is 12.4. The number of benzene rings is 3. The van der Waals surface area contributed by atoms with E-state index >= 15 is 4.39 Å². The summed E-state index contributed by atoms with van der Waals surface area (Å²) in [5, 5.41) is 11.6. The van der Waals surface area contributed by atoms with Gasteiger partial charge in [0.15, 0.2) is 5.13 Å². The van der Waals surface area contributed by atoms with Crippen LogP contribution in [-0.2, 0) is 16.0 Å². The highest BCUT2D eigenvalue weighted by molar-refractivity contribution is 7.22. The van der Waals surface area contributed by atoms with Crippen molar-refractivity contribution in [2.75, 3.05) is 4.90 Å². The predicted molar refractivity (Wildman–Crippen MR) is 136 cm³/mol. The number of anilines is 1. The summed E-state index contributed by atoms with van der Waals surface area (Å²) < 4.78 is 21.7. The average Bonchev–Trinajstić information content (AvgIpc) is 3.51. The molecular formula is C28H21FN2O4S. The van der Waals surface area contributed by atoms with E-state index in [9.17, 15) is 14.7 Å². The smallest absolute Gasteiger partial charge is 0.301 e. The maximum Gasteiger partial charge on any atom is 0.301 e. The number of carbonyl (C=O) groups excluding carboxylic acids is 2. The number of amides is 1. The lowest BCUT2D eigenvalue weighted by Crippen LogP contribution is -2.29. The molecule has 2 aliphatic rings. The van der Waals surface area contributed by atoms with Gasteiger partial charge in [0.05, 0.1) is 15.8 Å². The van der Waals surface area contributed by atoms with E-state index in [1.54, 1.807) is 24.3 Å². The molecule has 3 heterocycles. The van der Waals surface area contributed by atoms with E-state index in [1.807, 2.05) is 32.0 Å². The Balaban J connectivity index is 1.55. The van der Waals surface area contributed by atoms with Crippen LogP contribution >= 0.6 is 11.3 Å². The third-order valence-corrected chi connectivity index (χ3v) is 7.57. The van der Waals surface area contributed by atoms with Crippen molar-refractivity contribution in [2.45, 2.75) is 32.4 Å². The average molecular weight is 501 g/mol. The zero-order valence-electron chi connectivity index (χ0n) is 19.5. The van der Waals surface area contributed by atoms with E-state index < -0.39 is 23.5 Å². The van der Waals surface area contributed by atoms with Gasteiger partial charge in [-0.3, -0.25) is 14.5 Å². The molecule has 0 spiro atoms. The molecule has 1 amide bonds. The van der Waals surface area contributed by atoms with Crippen LogP contribution in [0.15, 0.2) is 66.2 Å². The highest BCUT2D eigenvalue weighted by Gasteiger charge is 2.49. The van der Waals surface area contributed by atoms with Crippen molar-refractivity contribution in [3.8, 4) is 5.75 Å². The van der Waals surface area contributed by atoms with Crippen molar-refractivity contribution in [3.05, 3.63) is 94.3 Å². The van der Waals surface area contributed by atoms with Crippen molar-refractivity contribution in [3.63, 3.8) is 0 Å². The minimum atomic E-state index is -1.17.